The summed E-state index contributed by atoms with van der Waals surface area (Å²) >= 11 is 0. The molecule has 3 fully saturated rings. The fraction of sp³-hybridized carbons (Fsp3) is 1.00. The molecule has 37 heavy (non-hydrogen) atoms. The smallest absolute Gasteiger partial charge is 0.187 e. The second kappa shape index (κ2) is 13.6. The molecule has 0 aromatic rings. The van der Waals surface area contributed by atoms with E-state index >= 15 is 0 Å². The van der Waals surface area contributed by atoms with Gasteiger partial charge in [0.1, 0.15) is 61.0 Å². The molecule has 1 saturated carbocycles. The van der Waals surface area contributed by atoms with Gasteiger partial charge in [0, 0.05) is 19.1 Å². The number of aliphatic hydroxyl groups excluding tert-OH is 10. The predicted octanol–water partition coefficient (Wildman–Crippen LogP) is -5.48. The third-order valence-electron chi connectivity index (χ3n) is 7.08. The zero-order chi connectivity index (χ0) is 27.4. The van der Waals surface area contributed by atoms with Gasteiger partial charge in [-0.1, -0.05) is 6.92 Å². The first kappa shape index (κ1) is 30.9. The van der Waals surface area contributed by atoms with Crippen molar-refractivity contribution in [3.8, 4) is 0 Å². The first-order valence-electron chi connectivity index (χ1n) is 12.4. The number of hydrogen-bond acceptors (Lipinski definition) is 15. The number of aliphatic hydroxyl groups is 10. The molecular formula is C22H40O15. The summed E-state index contributed by atoms with van der Waals surface area (Å²) in [7, 11) is 0. The van der Waals surface area contributed by atoms with Gasteiger partial charge in [0.2, 0.25) is 0 Å². The van der Waals surface area contributed by atoms with Gasteiger partial charge in [0.05, 0.1) is 25.4 Å². The van der Waals surface area contributed by atoms with E-state index in [0.717, 1.165) is 0 Å². The third kappa shape index (κ3) is 6.77. The van der Waals surface area contributed by atoms with Crippen LogP contribution in [0.15, 0.2) is 0 Å². The topological polar surface area (TPSA) is 248 Å². The van der Waals surface area contributed by atoms with Gasteiger partial charge in [-0.25, -0.2) is 0 Å². The van der Waals surface area contributed by atoms with E-state index in [2.05, 4.69) is 0 Å². The summed E-state index contributed by atoms with van der Waals surface area (Å²) < 4.78 is 27.8. The van der Waals surface area contributed by atoms with Crippen molar-refractivity contribution in [2.75, 3.05) is 26.4 Å². The molecule has 0 spiro atoms. The molecule has 3 rings (SSSR count). The van der Waals surface area contributed by atoms with E-state index in [1.165, 1.54) is 0 Å². The third-order valence-corrected chi connectivity index (χ3v) is 7.08. The van der Waals surface area contributed by atoms with Crippen molar-refractivity contribution in [2.24, 2.45) is 5.92 Å². The molecule has 15 heteroatoms. The van der Waals surface area contributed by atoms with Gasteiger partial charge in [-0.2, -0.15) is 0 Å². The molecule has 218 valence electrons. The van der Waals surface area contributed by atoms with Gasteiger partial charge in [0.25, 0.3) is 0 Å². The lowest BCUT2D eigenvalue weighted by molar-refractivity contribution is -0.361. The molecule has 0 aromatic carbocycles. The standard InChI is InChI=1S/C22H40O15/c1-2-3-33-21-19(32)20(37-22-18(31)17(30)14(27)10(6-24)35-22)15(28)11(36-21)7-34-9-4-8(5-23)12(25)16(29)13(9)26/h8-32H,2-7H2,1H3/t8-,9+,10-,11-,12-,13-,14-,15-,16+,17+,18+,19+,20+,21+,22-/m1/s1. The minimum atomic E-state index is -1.79. The van der Waals surface area contributed by atoms with Gasteiger partial charge in [-0.15, -0.1) is 0 Å². The van der Waals surface area contributed by atoms with Crippen LogP contribution in [0, 0.1) is 5.92 Å². The normalized spacial score (nSPS) is 49.2. The van der Waals surface area contributed by atoms with Gasteiger partial charge < -0.3 is 74.7 Å². The van der Waals surface area contributed by atoms with Crippen LogP contribution in [0.1, 0.15) is 19.8 Å². The Morgan fingerprint density at radius 2 is 1.30 bits per heavy atom. The van der Waals surface area contributed by atoms with Crippen molar-refractivity contribution < 1.29 is 74.7 Å². The van der Waals surface area contributed by atoms with Crippen molar-refractivity contribution in [3.05, 3.63) is 0 Å². The zero-order valence-electron chi connectivity index (χ0n) is 20.4. The van der Waals surface area contributed by atoms with Gasteiger partial charge >= 0.3 is 0 Å². The maximum atomic E-state index is 11.0. The van der Waals surface area contributed by atoms with E-state index in [1.54, 1.807) is 0 Å². The molecule has 0 radical (unpaired) electrons. The fourth-order valence-corrected chi connectivity index (χ4v) is 4.75. The highest BCUT2D eigenvalue weighted by Crippen LogP contribution is 2.32. The van der Waals surface area contributed by atoms with E-state index in [9.17, 15) is 51.1 Å². The monoisotopic (exact) mass is 544 g/mol. The van der Waals surface area contributed by atoms with Crippen molar-refractivity contribution in [2.45, 2.75) is 106 Å². The number of rotatable bonds is 10. The van der Waals surface area contributed by atoms with Crippen LogP contribution in [0.2, 0.25) is 0 Å². The Morgan fingerprint density at radius 3 is 1.92 bits per heavy atom. The predicted molar refractivity (Wildman–Crippen MR) is 119 cm³/mol. The fourth-order valence-electron chi connectivity index (χ4n) is 4.75. The Morgan fingerprint density at radius 1 is 0.649 bits per heavy atom. The molecule has 2 aliphatic heterocycles. The van der Waals surface area contributed by atoms with Crippen LogP contribution in [0.4, 0.5) is 0 Å². The second-order valence-corrected chi connectivity index (χ2v) is 9.71. The Bertz CT molecular complexity index is 682. The van der Waals surface area contributed by atoms with Crippen molar-refractivity contribution in [1.82, 2.24) is 0 Å². The minimum Gasteiger partial charge on any atom is -0.396 e. The van der Waals surface area contributed by atoms with Crippen LogP contribution in [-0.4, -0.2) is 163 Å². The average Bonchev–Trinajstić information content (AvgIpc) is 2.89. The van der Waals surface area contributed by atoms with E-state index in [-0.39, 0.29) is 13.0 Å². The molecule has 2 saturated heterocycles. The SMILES string of the molecule is CCCO[C@H]1O[C@H](CO[C@H]2C[C@H](CO)[C@@H](O)[C@H](O)[C@@H]2O)[C@@H](O)[C@H](O[C@H]2O[C@H](CO)[C@@H](O)[C@H](O)[C@@H]2O)[C@@H]1O. The Labute approximate surface area is 213 Å². The molecule has 15 atom stereocenters. The summed E-state index contributed by atoms with van der Waals surface area (Å²) in [5.41, 5.74) is 0. The minimum absolute atomic E-state index is 0.00188. The second-order valence-electron chi connectivity index (χ2n) is 9.71. The van der Waals surface area contributed by atoms with Crippen LogP contribution in [0.3, 0.4) is 0 Å². The Hall–Kier alpha value is -0.600. The molecule has 0 amide bonds. The molecule has 10 N–H and O–H groups in total. The lowest BCUT2D eigenvalue weighted by atomic mass is 9.81. The molecule has 15 nitrogen and oxygen atoms in total. The van der Waals surface area contributed by atoms with Gasteiger partial charge in [-0.3, -0.25) is 0 Å². The van der Waals surface area contributed by atoms with Crippen LogP contribution in [0.25, 0.3) is 0 Å². The zero-order valence-corrected chi connectivity index (χ0v) is 20.4. The average molecular weight is 545 g/mol. The lowest BCUT2D eigenvalue weighted by Gasteiger charge is -2.46. The molecular weight excluding hydrogens is 504 g/mol. The van der Waals surface area contributed by atoms with Crippen molar-refractivity contribution >= 4 is 0 Å². The quantitative estimate of drug-likeness (QED) is 0.123. The lowest BCUT2D eigenvalue weighted by Crippen LogP contribution is -2.65. The maximum Gasteiger partial charge on any atom is 0.187 e. The molecule has 3 aliphatic rings. The highest BCUT2D eigenvalue weighted by molar-refractivity contribution is 4.96. The largest absolute Gasteiger partial charge is 0.396 e. The molecule has 0 unspecified atom stereocenters. The van der Waals surface area contributed by atoms with Crippen LogP contribution >= 0.6 is 0 Å². The van der Waals surface area contributed by atoms with E-state index < -0.39 is 112 Å². The first-order chi connectivity index (χ1) is 17.5. The van der Waals surface area contributed by atoms with Gasteiger partial charge in [0.15, 0.2) is 12.6 Å². The highest BCUT2D eigenvalue weighted by Gasteiger charge is 2.51. The molecule has 1 aliphatic carbocycles. The van der Waals surface area contributed by atoms with E-state index in [1.807, 2.05) is 6.92 Å². The van der Waals surface area contributed by atoms with Gasteiger partial charge in [-0.05, 0) is 12.8 Å². The number of ether oxygens (including phenoxy) is 5. The van der Waals surface area contributed by atoms with E-state index in [0.29, 0.717) is 6.42 Å². The van der Waals surface area contributed by atoms with Crippen LogP contribution in [0.5, 0.6) is 0 Å². The summed E-state index contributed by atoms with van der Waals surface area (Å²) in [6.45, 7) is 0.427. The Kier molecular flexibility index (Phi) is 11.4. The van der Waals surface area contributed by atoms with Crippen molar-refractivity contribution in [3.63, 3.8) is 0 Å². The summed E-state index contributed by atoms with van der Waals surface area (Å²) in [4.78, 5) is 0. The summed E-state index contributed by atoms with van der Waals surface area (Å²) in [6, 6.07) is 0. The molecule has 0 bridgehead atoms. The number of hydrogen-bond donors (Lipinski definition) is 10. The summed E-state index contributed by atoms with van der Waals surface area (Å²) in [5.74, 6) is -0.759. The van der Waals surface area contributed by atoms with Crippen LogP contribution in [-0.2, 0) is 23.7 Å². The maximum absolute atomic E-state index is 11.0. The summed E-state index contributed by atoms with van der Waals surface area (Å²) in [5, 5.41) is 101. The molecule has 2 heterocycles. The summed E-state index contributed by atoms with van der Waals surface area (Å²) in [6.07, 6.45) is -20.2. The van der Waals surface area contributed by atoms with Crippen molar-refractivity contribution in [1.29, 1.82) is 0 Å². The van der Waals surface area contributed by atoms with E-state index in [4.69, 9.17) is 23.7 Å². The highest BCUT2D eigenvalue weighted by atomic mass is 16.7. The Balaban J connectivity index is 1.73. The molecule has 0 aromatic heterocycles. The van der Waals surface area contributed by atoms with Crippen LogP contribution < -0.4 is 0 Å². The first-order valence-corrected chi connectivity index (χ1v) is 12.4.